The van der Waals surface area contributed by atoms with Crippen LogP contribution in [0.25, 0.3) is 0 Å². The number of carbonyl (C=O) groups excluding carboxylic acids is 3. The normalized spacial score (nSPS) is 20.4. The molecule has 11 heteroatoms. The minimum absolute atomic E-state index is 0.00954. The maximum absolute atomic E-state index is 15.1. The summed E-state index contributed by atoms with van der Waals surface area (Å²) in [7, 11) is 4.20. The third-order valence-electron chi connectivity index (χ3n) is 7.27. The Labute approximate surface area is 230 Å². The smallest absolute Gasteiger partial charge is 0.425 e. The first kappa shape index (κ1) is 29.0. The van der Waals surface area contributed by atoms with E-state index in [2.05, 4.69) is 0 Å². The van der Waals surface area contributed by atoms with Crippen molar-refractivity contribution in [3.05, 3.63) is 64.9 Å². The summed E-state index contributed by atoms with van der Waals surface area (Å²) in [5.74, 6) is -2.42. The molecule has 1 heterocycles. The van der Waals surface area contributed by atoms with E-state index in [1.165, 1.54) is 39.5 Å². The number of allylic oxidation sites excluding steroid dienone is 1. The van der Waals surface area contributed by atoms with Crippen molar-refractivity contribution >= 4 is 17.6 Å². The van der Waals surface area contributed by atoms with E-state index in [-0.39, 0.29) is 48.6 Å². The molecule has 1 atom stereocenters. The predicted octanol–water partition coefficient (Wildman–Crippen LogP) is 4.47. The Hall–Kier alpha value is -4.02. The second-order valence-electron chi connectivity index (χ2n) is 10.6. The van der Waals surface area contributed by atoms with Crippen LogP contribution in [0.15, 0.2) is 53.7 Å². The molecule has 1 unspecified atom stereocenters. The molecule has 1 aliphatic carbocycles. The van der Waals surface area contributed by atoms with Gasteiger partial charge in [0.15, 0.2) is 17.3 Å². The van der Waals surface area contributed by atoms with Crippen LogP contribution in [-0.2, 0) is 16.0 Å². The summed E-state index contributed by atoms with van der Waals surface area (Å²) in [6, 6.07) is 10.7. The van der Waals surface area contributed by atoms with Gasteiger partial charge < -0.3 is 24.4 Å². The average Bonchev–Trinajstić information content (AvgIpc) is 3.13. The molecule has 214 valence electrons. The van der Waals surface area contributed by atoms with Gasteiger partial charge >= 0.3 is 6.18 Å². The Morgan fingerprint density at radius 3 is 2.17 bits per heavy atom. The first-order valence-corrected chi connectivity index (χ1v) is 12.6. The second-order valence-corrected chi connectivity index (χ2v) is 10.6. The van der Waals surface area contributed by atoms with Gasteiger partial charge in [0.1, 0.15) is 5.75 Å². The molecule has 1 N–H and O–H groups in total. The van der Waals surface area contributed by atoms with Crippen LogP contribution in [0.4, 0.5) is 13.2 Å². The highest BCUT2D eigenvalue weighted by Crippen LogP contribution is 2.51. The lowest BCUT2D eigenvalue weighted by Crippen LogP contribution is -2.66. The van der Waals surface area contributed by atoms with E-state index in [0.717, 1.165) is 10.5 Å². The highest BCUT2D eigenvalue weighted by atomic mass is 19.4. The van der Waals surface area contributed by atoms with Gasteiger partial charge in [-0.05, 0) is 54.2 Å². The van der Waals surface area contributed by atoms with Crippen molar-refractivity contribution in [3.63, 3.8) is 0 Å². The van der Waals surface area contributed by atoms with E-state index in [1.807, 2.05) is 5.32 Å². The van der Waals surface area contributed by atoms with Crippen LogP contribution >= 0.6 is 0 Å². The zero-order valence-corrected chi connectivity index (χ0v) is 22.9. The van der Waals surface area contributed by atoms with Crippen molar-refractivity contribution in [2.24, 2.45) is 5.41 Å². The molecule has 4 rings (SSSR count). The Morgan fingerprint density at radius 2 is 1.60 bits per heavy atom. The van der Waals surface area contributed by atoms with E-state index >= 15 is 13.2 Å². The van der Waals surface area contributed by atoms with Crippen molar-refractivity contribution in [3.8, 4) is 17.2 Å². The third kappa shape index (κ3) is 5.00. The fraction of sp³-hybridized carbons (Fsp3) is 0.414. The largest absolute Gasteiger partial charge is 0.497 e. The summed E-state index contributed by atoms with van der Waals surface area (Å²) in [5.41, 5.74) is -4.37. The van der Waals surface area contributed by atoms with E-state index < -0.39 is 40.3 Å². The molecular weight excluding hydrogens is 529 g/mol. The van der Waals surface area contributed by atoms with Gasteiger partial charge in [-0.15, -0.1) is 0 Å². The summed E-state index contributed by atoms with van der Waals surface area (Å²) >= 11 is 0. The zero-order chi connectivity index (χ0) is 29.5. The number of Topliss-reactive ketones (excluding diaryl/α,β-unsaturated/α-hetero) is 1. The zero-order valence-electron chi connectivity index (χ0n) is 22.9. The highest BCUT2D eigenvalue weighted by molar-refractivity contribution is 6.14. The number of benzene rings is 2. The predicted molar refractivity (Wildman–Crippen MR) is 139 cm³/mol. The molecule has 2 aromatic carbocycles. The van der Waals surface area contributed by atoms with E-state index in [9.17, 15) is 14.4 Å². The van der Waals surface area contributed by atoms with E-state index in [0.29, 0.717) is 5.75 Å². The number of halogens is 3. The molecule has 0 fully saturated rings. The fourth-order valence-electron chi connectivity index (χ4n) is 5.32. The maximum Gasteiger partial charge on any atom is 0.425 e. The monoisotopic (exact) mass is 560 g/mol. The first-order chi connectivity index (χ1) is 18.8. The number of alkyl halides is 3. The number of rotatable bonds is 8. The van der Waals surface area contributed by atoms with Gasteiger partial charge in [-0.1, -0.05) is 26.0 Å². The van der Waals surface area contributed by atoms with Crippen LogP contribution in [-0.4, -0.2) is 62.1 Å². The summed E-state index contributed by atoms with van der Waals surface area (Å²) in [6.45, 7) is 3.41. The average molecular weight is 561 g/mol. The van der Waals surface area contributed by atoms with Crippen molar-refractivity contribution in [2.45, 2.75) is 44.8 Å². The van der Waals surface area contributed by atoms with Gasteiger partial charge in [-0.3, -0.25) is 14.4 Å². The van der Waals surface area contributed by atoms with Gasteiger partial charge in [-0.25, -0.2) is 0 Å². The Kier molecular flexibility index (Phi) is 7.62. The van der Waals surface area contributed by atoms with Crippen molar-refractivity contribution in [2.75, 3.05) is 27.9 Å². The molecule has 0 saturated carbocycles. The molecule has 40 heavy (non-hydrogen) atoms. The number of nitrogens with one attached hydrogen (secondary N) is 1. The molecule has 2 aliphatic rings. The molecule has 0 radical (unpaired) electrons. The molecule has 0 spiro atoms. The van der Waals surface area contributed by atoms with Gasteiger partial charge in [0.25, 0.3) is 11.8 Å². The van der Waals surface area contributed by atoms with E-state index in [4.69, 9.17) is 14.2 Å². The number of nitrogens with zero attached hydrogens (tertiary/aromatic N) is 1. The number of methoxy groups -OCH3 is 3. The van der Waals surface area contributed by atoms with Crippen molar-refractivity contribution < 1.29 is 41.8 Å². The SMILES string of the molecule is COc1ccc(CCN2C(=O)C(NC(=O)c3ccc(OC)c(OC)c3)(C(F)(F)F)C3=C2CC(C)(C)CC3=O)cc1. The molecular formula is C29H31F3N2O6. The van der Waals surface area contributed by atoms with Crippen LogP contribution < -0.4 is 19.5 Å². The van der Waals surface area contributed by atoms with Crippen LogP contribution in [0.2, 0.25) is 0 Å². The first-order valence-electron chi connectivity index (χ1n) is 12.6. The molecule has 0 aromatic heterocycles. The van der Waals surface area contributed by atoms with Gasteiger partial charge in [0, 0.05) is 24.2 Å². The molecule has 8 nitrogen and oxygen atoms in total. The molecule has 1 aliphatic heterocycles. The van der Waals surface area contributed by atoms with Gasteiger partial charge in [-0.2, -0.15) is 13.2 Å². The van der Waals surface area contributed by atoms with Crippen LogP contribution in [0.5, 0.6) is 17.2 Å². The Balaban J connectivity index is 1.77. The lowest BCUT2D eigenvalue weighted by molar-refractivity contribution is -0.190. The maximum atomic E-state index is 15.1. The number of carbonyl (C=O) groups is 3. The number of ketones is 1. The minimum Gasteiger partial charge on any atom is -0.497 e. The van der Waals surface area contributed by atoms with E-state index in [1.54, 1.807) is 38.1 Å². The Morgan fingerprint density at radius 1 is 0.950 bits per heavy atom. The van der Waals surface area contributed by atoms with Crippen LogP contribution in [0.1, 0.15) is 42.6 Å². The van der Waals surface area contributed by atoms with Gasteiger partial charge in [0.05, 0.1) is 26.9 Å². The van der Waals surface area contributed by atoms with Crippen molar-refractivity contribution in [1.82, 2.24) is 10.2 Å². The van der Waals surface area contributed by atoms with Crippen molar-refractivity contribution in [1.29, 1.82) is 0 Å². The summed E-state index contributed by atoms with van der Waals surface area (Å²) < 4.78 is 60.6. The number of hydrogen-bond acceptors (Lipinski definition) is 6. The summed E-state index contributed by atoms with van der Waals surface area (Å²) in [4.78, 5) is 41.5. The number of amides is 2. The molecule has 0 bridgehead atoms. The van der Waals surface area contributed by atoms with Gasteiger partial charge in [0.2, 0.25) is 5.54 Å². The lowest BCUT2D eigenvalue weighted by Gasteiger charge is -2.35. The topological polar surface area (TPSA) is 94.2 Å². The fourth-order valence-corrected chi connectivity index (χ4v) is 5.32. The number of hydrogen-bond donors (Lipinski definition) is 1. The highest BCUT2D eigenvalue weighted by Gasteiger charge is 2.71. The number of ether oxygens (including phenoxy) is 3. The standard InChI is InChI=1S/C29H31F3N2O6/c1-27(2)15-20-24(21(35)16-27)28(29(30,31)32,33-25(36)18-8-11-22(39-4)23(14-18)40-5)26(37)34(20)13-12-17-6-9-19(38-3)10-7-17/h6-11,14H,12-13,15-16H2,1-5H3,(H,33,36). The molecule has 0 saturated heterocycles. The summed E-state index contributed by atoms with van der Waals surface area (Å²) in [6.07, 6.45) is -5.22. The second kappa shape index (κ2) is 10.5. The van der Waals surface area contributed by atoms with Crippen LogP contribution in [0, 0.1) is 5.41 Å². The third-order valence-corrected chi connectivity index (χ3v) is 7.27. The lowest BCUT2D eigenvalue weighted by atomic mass is 9.72. The molecule has 2 aromatic rings. The molecule has 2 amide bonds. The Bertz CT molecular complexity index is 1370. The summed E-state index contributed by atoms with van der Waals surface area (Å²) in [5, 5.41) is 1.94. The quantitative estimate of drug-likeness (QED) is 0.512. The minimum atomic E-state index is -5.30. The van der Waals surface area contributed by atoms with Crippen LogP contribution in [0.3, 0.4) is 0 Å².